The number of benzene rings is 1. The summed E-state index contributed by atoms with van der Waals surface area (Å²) >= 11 is 0. The maximum absolute atomic E-state index is 12.4. The van der Waals surface area contributed by atoms with E-state index in [2.05, 4.69) is 4.72 Å². The number of nitrogens with one attached hydrogen (secondary N) is 1. The average Bonchev–Trinajstić information content (AvgIpc) is 2.80. The lowest BCUT2D eigenvalue weighted by Gasteiger charge is -2.16. The van der Waals surface area contributed by atoms with Crippen LogP contribution in [0.5, 0.6) is 0 Å². The Morgan fingerprint density at radius 2 is 2.00 bits per heavy atom. The lowest BCUT2D eigenvalue weighted by atomic mass is 10.0. The van der Waals surface area contributed by atoms with Gasteiger partial charge in [0.05, 0.1) is 11.5 Å². The molecule has 21 heavy (non-hydrogen) atoms. The van der Waals surface area contributed by atoms with Crippen molar-refractivity contribution in [2.45, 2.75) is 31.4 Å². The van der Waals surface area contributed by atoms with Crippen LogP contribution in [0.3, 0.4) is 0 Å². The Balaban J connectivity index is 2.27. The van der Waals surface area contributed by atoms with Crippen LogP contribution in [0.15, 0.2) is 41.4 Å². The van der Waals surface area contributed by atoms with Crippen molar-refractivity contribution < 1.29 is 13.5 Å². The molecule has 6 heteroatoms. The summed E-state index contributed by atoms with van der Waals surface area (Å²) < 4.78 is 29.1. The van der Waals surface area contributed by atoms with Gasteiger partial charge in [-0.15, -0.1) is 0 Å². The summed E-state index contributed by atoms with van der Waals surface area (Å²) in [6, 6.07) is 8.82. The Labute approximate surface area is 125 Å². The Morgan fingerprint density at radius 3 is 2.57 bits per heavy atom. The lowest BCUT2D eigenvalue weighted by Crippen LogP contribution is -2.27. The number of hydrogen-bond donors (Lipinski definition) is 2. The quantitative estimate of drug-likeness (QED) is 0.886. The van der Waals surface area contributed by atoms with E-state index in [1.807, 2.05) is 38.1 Å². The molecule has 0 spiro atoms. The molecule has 0 saturated carbocycles. The monoisotopic (exact) mass is 308 g/mol. The van der Waals surface area contributed by atoms with E-state index in [4.69, 9.17) is 5.11 Å². The minimum absolute atomic E-state index is 0.162. The maximum atomic E-state index is 12.4. The van der Waals surface area contributed by atoms with Gasteiger partial charge in [-0.2, -0.15) is 0 Å². The zero-order valence-electron chi connectivity index (χ0n) is 12.4. The van der Waals surface area contributed by atoms with Crippen LogP contribution in [0.2, 0.25) is 0 Å². The zero-order valence-corrected chi connectivity index (χ0v) is 13.2. The van der Waals surface area contributed by atoms with Crippen LogP contribution in [0, 0.1) is 6.92 Å². The summed E-state index contributed by atoms with van der Waals surface area (Å²) in [6.07, 6.45) is 1.50. The minimum Gasteiger partial charge on any atom is -0.390 e. The third kappa shape index (κ3) is 3.34. The van der Waals surface area contributed by atoms with Gasteiger partial charge in [0.2, 0.25) is 10.0 Å². The van der Waals surface area contributed by atoms with Crippen molar-refractivity contribution in [1.29, 1.82) is 0 Å². The number of rotatable bonds is 5. The zero-order chi connectivity index (χ0) is 15.6. The number of sulfonamides is 1. The molecule has 0 amide bonds. The van der Waals surface area contributed by atoms with Crippen molar-refractivity contribution in [3.63, 3.8) is 0 Å². The first-order chi connectivity index (χ1) is 9.85. The molecule has 2 aromatic rings. The van der Waals surface area contributed by atoms with Gasteiger partial charge in [0, 0.05) is 25.0 Å². The molecular weight excluding hydrogens is 288 g/mol. The van der Waals surface area contributed by atoms with Gasteiger partial charge in [0.15, 0.2) is 0 Å². The van der Waals surface area contributed by atoms with Crippen molar-refractivity contribution in [3.05, 3.63) is 53.3 Å². The van der Waals surface area contributed by atoms with E-state index in [1.165, 1.54) is 12.3 Å². The summed E-state index contributed by atoms with van der Waals surface area (Å²) in [7, 11) is -1.91. The predicted molar refractivity (Wildman–Crippen MR) is 81.3 cm³/mol. The van der Waals surface area contributed by atoms with Crippen LogP contribution < -0.4 is 4.72 Å². The highest BCUT2D eigenvalue weighted by molar-refractivity contribution is 7.89. The second kappa shape index (κ2) is 6.01. The molecule has 114 valence electrons. The Morgan fingerprint density at radius 1 is 1.33 bits per heavy atom. The second-order valence-electron chi connectivity index (χ2n) is 5.14. The van der Waals surface area contributed by atoms with Gasteiger partial charge in [-0.1, -0.05) is 24.3 Å². The van der Waals surface area contributed by atoms with Crippen LogP contribution in [0.25, 0.3) is 0 Å². The fourth-order valence-corrected chi connectivity index (χ4v) is 3.63. The van der Waals surface area contributed by atoms with Crippen molar-refractivity contribution in [2.24, 2.45) is 7.05 Å². The molecular formula is C15H20N2O3S. The SMILES string of the molecule is Cc1ccccc1C(C)NS(=O)(=O)c1cc(CO)n(C)c1. The highest BCUT2D eigenvalue weighted by Gasteiger charge is 2.21. The maximum Gasteiger partial charge on any atom is 0.242 e. The molecule has 0 fully saturated rings. The van der Waals surface area contributed by atoms with Crippen LogP contribution in [-0.2, 0) is 23.7 Å². The summed E-state index contributed by atoms with van der Waals surface area (Å²) in [5.41, 5.74) is 2.54. The van der Waals surface area contributed by atoms with Gasteiger partial charge in [-0.25, -0.2) is 13.1 Å². The first kappa shape index (κ1) is 15.8. The average molecular weight is 308 g/mol. The molecule has 1 aromatic heterocycles. The lowest BCUT2D eigenvalue weighted by molar-refractivity contribution is 0.272. The Hall–Kier alpha value is -1.63. The predicted octanol–water partition coefficient (Wildman–Crippen LogP) is 1.87. The smallest absolute Gasteiger partial charge is 0.242 e. The van der Waals surface area contributed by atoms with Crippen molar-refractivity contribution in [2.75, 3.05) is 0 Å². The van der Waals surface area contributed by atoms with Gasteiger partial charge in [0.1, 0.15) is 0 Å². The molecule has 2 N–H and O–H groups in total. The van der Waals surface area contributed by atoms with Gasteiger partial charge >= 0.3 is 0 Å². The standard InChI is InChI=1S/C15H20N2O3S/c1-11-6-4-5-7-15(11)12(2)16-21(19,20)14-8-13(10-18)17(3)9-14/h4-9,12,16,18H,10H2,1-3H3. The molecule has 0 bridgehead atoms. The van der Waals surface area contributed by atoms with Gasteiger partial charge in [-0.05, 0) is 31.0 Å². The van der Waals surface area contributed by atoms with Crippen molar-refractivity contribution >= 4 is 10.0 Å². The molecule has 1 unspecified atom stereocenters. The van der Waals surface area contributed by atoms with Crippen LogP contribution in [-0.4, -0.2) is 18.1 Å². The highest BCUT2D eigenvalue weighted by Crippen LogP contribution is 2.21. The van der Waals surface area contributed by atoms with E-state index in [9.17, 15) is 8.42 Å². The molecule has 1 atom stereocenters. The van der Waals surface area contributed by atoms with Crippen molar-refractivity contribution in [3.8, 4) is 0 Å². The largest absolute Gasteiger partial charge is 0.390 e. The first-order valence-corrected chi connectivity index (χ1v) is 8.17. The first-order valence-electron chi connectivity index (χ1n) is 6.69. The summed E-state index contributed by atoms with van der Waals surface area (Å²) in [5, 5.41) is 9.16. The Bertz CT molecular complexity index is 735. The molecule has 1 aromatic carbocycles. The number of aliphatic hydroxyl groups excluding tert-OH is 1. The van der Waals surface area contributed by atoms with E-state index in [1.54, 1.807) is 11.6 Å². The van der Waals surface area contributed by atoms with Gasteiger partial charge in [-0.3, -0.25) is 0 Å². The normalized spacial score (nSPS) is 13.3. The van der Waals surface area contributed by atoms with E-state index >= 15 is 0 Å². The number of aliphatic hydroxyl groups is 1. The van der Waals surface area contributed by atoms with Crippen LogP contribution in [0.1, 0.15) is 29.8 Å². The molecule has 1 heterocycles. The van der Waals surface area contributed by atoms with E-state index in [-0.39, 0.29) is 17.5 Å². The van der Waals surface area contributed by atoms with Crippen molar-refractivity contribution in [1.82, 2.24) is 9.29 Å². The molecule has 0 saturated heterocycles. The summed E-state index contributed by atoms with van der Waals surface area (Å²) in [6.45, 7) is 3.57. The van der Waals surface area contributed by atoms with Gasteiger partial charge in [0.25, 0.3) is 0 Å². The highest BCUT2D eigenvalue weighted by atomic mass is 32.2. The Kier molecular flexibility index (Phi) is 4.51. The fraction of sp³-hybridized carbons (Fsp3) is 0.333. The third-order valence-corrected chi connectivity index (χ3v) is 5.05. The fourth-order valence-electron chi connectivity index (χ4n) is 2.32. The summed E-state index contributed by atoms with van der Waals surface area (Å²) in [5.74, 6) is 0. The number of nitrogens with zero attached hydrogens (tertiary/aromatic N) is 1. The molecule has 0 radical (unpaired) electrons. The van der Waals surface area contributed by atoms with Crippen LogP contribution >= 0.6 is 0 Å². The molecule has 0 aliphatic carbocycles. The molecule has 0 aliphatic heterocycles. The molecule has 0 aliphatic rings. The van der Waals surface area contributed by atoms with E-state index in [0.29, 0.717) is 5.69 Å². The number of aryl methyl sites for hydroxylation is 2. The summed E-state index contributed by atoms with van der Waals surface area (Å²) in [4.78, 5) is 0.162. The number of hydrogen-bond acceptors (Lipinski definition) is 3. The van der Waals surface area contributed by atoms with Crippen LogP contribution in [0.4, 0.5) is 0 Å². The third-order valence-electron chi connectivity index (χ3n) is 3.54. The van der Waals surface area contributed by atoms with Gasteiger partial charge < -0.3 is 9.67 Å². The minimum atomic E-state index is -3.62. The van der Waals surface area contributed by atoms with E-state index in [0.717, 1.165) is 11.1 Å². The molecule has 2 rings (SSSR count). The van der Waals surface area contributed by atoms with E-state index < -0.39 is 10.0 Å². The second-order valence-corrected chi connectivity index (χ2v) is 6.85. The molecule has 5 nitrogen and oxygen atoms in total. The number of aromatic nitrogens is 1. The topological polar surface area (TPSA) is 71.3 Å².